The molecule has 0 aliphatic rings. The third-order valence-electron chi connectivity index (χ3n) is 4.80. The van der Waals surface area contributed by atoms with Crippen LogP contribution in [-0.4, -0.2) is 66.9 Å². The van der Waals surface area contributed by atoms with Gasteiger partial charge in [0.15, 0.2) is 0 Å². The summed E-state index contributed by atoms with van der Waals surface area (Å²) in [7, 11) is 3.60. The van der Waals surface area contributed by atoms with E-state index >= 15 is 0 Å². The summed E-state index contributed by atoms with van der Waals surface area (Å²) in [6, 6.07) is 3.44. The molecule has 2 atom stereocenters. The second-order valence-electron chi connectivity index (χ2n) is 6.95. The number of aliphatic carboxylic acids is 1. The molecule has 0 amide bonds. The Morgan fingerprint density at radius 2 is 2.00 bits per heavy atom. The number of ether oxygens (including phenoxy) is 1. The zero-order valence-corrected chi connectivity index (χ0v) is 19.2. The molecule has 29 heavy (non-hydrogen) atoms. The Kier molecular flexibility index (Phi) is 15.2. The largest absolute Gasteiger partial charge is 0.480 e. The summed E-state index contributed by atoms with van der Waals surface area (Å²) >= 11 is 0. The first-order valence-corrected chi connectivity index (χ1v) is 10.8. The van der Waals surface area contributed by atoms with Gasteiger partial charge in [-0.3, -0.25) is 4.79 Å². The van der Waals surface area contributed by atoms with Crippen LogP contribution in [0.5, 0.6) is 0 Å². The van der Waals surface area contributed by atoms with Crippen LogP contribution in [-0.2, 0) is 22.4 Å². The van der Waals surface area contributed by atoms with Gasteiger partial charge < -0.3 is 25.8 Å². The van der Waals surface area contributed by atoms with Crippen molar-refractivity contribution >= 4 is 11.8 Å². The first-order valence-electron chi connectivity index (χ1n) is 10.8. The van der Waals surface area contributed by atoms with Crippen molar-refractivity contribution in [3.63, 3.8) is 0 Å². The molecular formula is C22H42N4O3. The second-order valence-corrected chi connectivity index (χ2v) is 6.95. The molecule has 0 aliphatic carbocycles. The molecule has 0 bridgehead atoms. The summed E-state index contributed by atoms with van der Waals surface area (Å²) in [5, 5.41) is 12.1. The number of nitrogens with zero attached hydrogens (tertiary/aromatic N) is 2. The zero-order valence-electron chi connectivity index (χ0n) is 19.2. The first kappa shape index (κ1) is 27.3. The minimum atomic E-state index is -0.948. The van der Waals surface area contributed by atoms with Crippen molar-refractivity contribution in [2.45, 2.75) is 71.9 Å². The maximum Gasteiger partial charge on any atom is 0.320 e. The third kappa shape index (κ3) is 11.2. The monoisotopic (exact) mass is 410 g/mol. The highest BCUT2D eigenvalue weighted by Crippen LogP contribution is 2.15. The Labute approximate surface area is 177 Å². The number of hydrogen-bond donors (Lipinski definition) is 3. The molecular weight excluding hydrogens is 368 g/mol. The number of rotatable bonds is 14. The average Bonchev–Trinajstić information content (AvgIpc) is 2.75. The van der Waals surface area contributed by atoms with E-state index < -0.39 is 12.0 Å². The maximum absolute atomic E-state index is 10.9. The van der Waals surface area contributed by atoms with Crippen molar-refractivity contribution in [3.8, 4) is 0 Å². The van der Waals surface area contributed by atoms with Crippen molar-refractivity contribution < 1.29 is 14.6 Å². The number of aryl methyl sites for hydroxylation is 2. The van der Waals surface area contributed by atoms with E-state index in [2.05, 4.69) is 29.3 Å². The van der Waals surface area contributed by atoms with Crippen LogP contribution in [0, 0.1) is 0 Å². The van der Waals surface area contributed by atoms with Gasteiger partial charge in [-0.15, -0.1) is 0 Å². The van der Waals surface area contributed by atoms with Crippen molar-refractivity contribution in [2.24, 2.45) is 5.73 Å². The van der Waals surface area contributed by atoms with Crippen LogP contribution >= 0.6 is 0 Å². The van der Waals surface area contributed by atoms with Gasteiger partial charge in [0.25, 0.3) is 0 Å². The predicted octanol–water partition coefficient (Wildman–Crippen LogP) is 3.17. The number of hydrogen-bond acceptors (Lipinski definition) is 6. The van der Waals surface area contributed by atoms with Crippen LogP contribution in [0.25, 0.3) is 0 Å². The summed E-state index contributed by atoms with van der Waals surface area (Å²) in [5.74, 6) is 0.0184. The Morgan fingerprint density at radius 1 is 1.31 bits per heavy atom. The SMILES string of the molecule is CC.CCc1ccc(CCCCN(CCC(N)C(=O)O)C[C@@H](C)OC)nc1NC. The first-order chi connectivity index (χ1) is 13.9. The number of nitrogens with one attached hydrogen (secondary N) is 1. The number of nitrogens with two attached hydrogens (primary N) is 1. The summed E-state index contributed by atoms with van der Waals surface area (Å²) in [6.07, 6.45) is 4.50. The van der Waals surface area contributed by atoms with Crippen LogP contribution < -0.4 is 11.1 Å². The second kappa shape index (κ2) is 16.1. The molecule has 1 aromatic rings. The van der Waals surface area contributed by atoms with Gasteiger partial charge in [-0.1, -0.05) is 26.8 Å². The summed E-state index contributed by atoms with van der Waals surface area (Å²) < 4.78 is 5.35. The molecule has 0 fully saturated rings. The lowest BCUT2D eigenvalue weighted by atomic mass is 10.1. The number of methoxy groups -OCH3 is 1. The number of pyridine rings is 1. The normalized spacial score (nSPS) is 12.8. The maximum atomic E-state index is 10.9. The molecule has 0 radical (unpaired) electrons. The number of carboxylic acid groups (broad SMARTS) is 1. The molecule has 1 heterocycles. The third-order valence-corrected chi connectivity index (χ3v) is 4.80. The molecule has 0 saturated heterocycles. The van der Waals surface area contributed by atoms with Crippen LogP contribution in [0.15, 0.2) is 12.1 Å². The molecule has 0 spiro atoms. The molecule has 1 unspecified atom stereocenters. The molecule has 4 N–H and O–H groups in total. The quantitative estimate of drug-likeness (QED) is 0.405. The molecule has 168 valence electrons. The Hall–Kier alpha value is -1.70. The van der Waals surface area contributed by atoms with Gasteiger partial charge in [-0.2, -0.15) is 0 Å². The summed E-state index contributed by atoms with van der Waals surface area (Å²) in [4.78, 5) is 17.9. The minimum absolute atomic E-state index is 0.104. The summed E-state index contributed by atoms with van der Waals surface area (Å²) in [6.45, 7) is 10.5. The fourth-order valence-corrected chi connectivity index (χ4v) is 2.99. The predicted molar refractivity (Wildman–Crippen MR) is 121 cm³/mol. The van der Waals surface area contributed by atoms with E-state index in [1.807, 2.05) is 27.8 Å². The molecule has 7 nitrogen and oxygen atoms in total. The number of carboxylic acids is 1. The standard InChI is InChI=1S/C20H36N4O3.C2H6/c1-5-16-9-10-17(23-19(16)22-3)8-6-7-12-24(14-15(2)27-4)13-11-18(21)20(25)26;1-2/h9-10,15,18H,5-8,11-14,21H2,1-4H3,(H,22,23)(H,25,26);1-2H3/t15-,18?;/m1./s1. The van der Waals surface area contributed by atoms with Gasteiger partial charge in [0, 0.05) is 32.9 Å². The Balaban J connectivity index is 0.00000379. The number of anilines is 1. The average molecular weight is 411 g/mol. The minimum Gasteiger partial charge on any atom is -0.480 e. The van der Waals surface area contributed by atoms with E-state index in [0.29, 0.717) is 13.0 Å². The fourth-order valence-electron chi connectivity index (χ4n) is 2.99. The lowest BCUT2D eigenvalue weighted by Gasteiger charge is -2.25. The van der Waals surface area contributed by atoms with Crippen molar-refractivity contribution in [1.82, 2.24) is 9.88 Å². The highest BCUT2D eigenvalue weighted by molar-refractivity contribution is 5.72. The van der Waals surface area contributed by atoms with Gasteiger partial charge in [0.1, 0.15) is 11.9 Å². The number of aromatic nitrogens is 1. The Morgan fingerprint density at radius 3 is 2.55 bits per heavy atom. The Bertz CT molecular complexity index is 569. The molecule has 0 aromatic carbocycles. The van der Waals surface area contributed by atoms with Crippen LogP contribution in [0.3, 0.4) is 0 Å². The molecule has 0 saturated carbocycles. The van der Waals surface area contributed by atoms with E-state index in [4.69, 9.17) is 20.6 Å². The van der Waals surface area contributed by atoms with Gasteiger partial charge in [-0.25, -0.2) is 4.98 Å². The lowest BCUT2D eigenvalue weighted by molar-refractivity contribution is -0.138. The number of unbranched alkanes of at least 4 members (excludes halogenated alkanes) is 1. The highest BCUT2D eigenvalue weighted by atomic mass is 16.5. The van der Waals surface area contributed by atoms with Gasteiger partial charge in [0.2, 0.25) is 0 Å². The van der Waals surface area contributed by atoms with E-state index in [9.17, 15) is 4.79 Å². The van der Waals surface area contributed by atoms with Gasteiger partial charge >= 0.3 is 5.97 Å². The smallest absolute Gasteiger partial charge is 0.320 e. The van der Waals surface area contributed by atoms with E-state index in [1.165, 1.54) is 5.56 Å². The van der Waals surface area contributed by atoms with E-state index in [-0.39, 0.29) is 6.10 Å². The lowest BCUT2D eigenvalue weighted by Crippen LogP contribution is -2.38. The van der Waals surface area contributed by atoms with Crippen LogP contribution in [0.1, 0.15) is 58.2 Å². The van der Waals surface area contributed by atoms with Crippen LogP contribution in [0.2, 0.25) is 0 Å². The number of carbonyl (C=O) groups is 1. The summed E-state index contributed by atoms with van der Waals surface area (Å²) in [5.41, 5.74) is 7.97. The van der Waals surface area contributed by atoms with Crippen molar-refractivity contribution in [1.29, 1.82) is 0 Å². The van der Waals surface area contributed by atoms with E-state index in [1.54, 1.807) is 7.11 Å². The molecule has 7 heteroatoms. The molecule has 1 aromatic heterocycles. The topological polar surface area (TPSA) is 101 Å². The molecule has 1 rings (SSSR count). The highest BCUT2D eigenvalue weighted by Gasteiger charge is 2.15. The zero-order chi connectivity index (χ0) is 22.2. The van der Waals surface area contributed by atoms with Crippen molar-refractivity contribution in [2.75, 3.05) is 39.1 Å². The van der Waals surface area contributed by atoms with Gasteiger partial charge in [0.05, 0.1) is 6.10 Å². The van der Waals surface area contributed by atoms with Gasteiger partial charge in [-0.05, 0) is 57.2 Å². The fraction of sp³-hybridized carbons (Fsp3) is 0.727. The van der Waals surface area contributed by atoms with Crippen molar-refractivity contribution in [3.05, 3.63) is 23.4 Å². The van der Waals surface area contributed by atoms with E-state index in [0.717, 1.165) is 50.3 Å². The molecule has 0 aliphatic heterocycles. The van der Waals surface area contributed by atoms with Crippen LogP contribution in [0.4, 0.5) is 5.82 Å².